The molecule has 2 heterocycles. The van der Waals surface area contributed by atoms with Crippen molar-refractivity contribution in [2.75, 3.05) is 5.32 Å². The lowest BCUT2D eigenvalue weighted by Gasteiger charge is -2.17. The molecule has 7 heteroatoms. The first kappa shape index (κ1) is 21.0. The number of hydrogen-bond donors (Lipinski definition) is 1. The fraction of sp³-hybridized carbons (Fsp3) is 0.120. The maximum Gasteiger partial charge on any atom is 0.343 e. The molecule has 2 aromatic carbocycles. The Morgan fingerprint density at radius 3 is 2.38 bits per heavy atom. The van der Waals surface area contributed by atoms with E-state index in [-0.39, 0.29) is 17.9 Å². The summed E-state index contributed by atoms with van der Waals surface area (Å²) in [5.41, 5.74) is 2.28. The molecule has 0 spiro atoms. The van der Waals surface area contributed by atoms with Crippen LogP contribution in [-0.4, -0.2) is 20.7 Å². The molecule has 0 aliphatic carbocycles. The highest BCUT2D eigenvalue weighted by atomic mass is 16.5. The lowest BCUT2D eigenvalue weighted by molar-refractivity contribution is 0.0474. The number of aromatic nitrogens is 3. The van der Waals surface area contributed by atoms with Crippen LogP contribution in [0.25, 0.3) is 11.3 Å². The summed E-state index contributed by atoms with van der Waals surface area (Å²) in [5, 5.41) is 7.56. The Morgan fingerprint density at radius 1 is 1.00 bits per heavy atom. The predicted octanol–water partition coefficient (Wildman–Crippen LogP) is 4.43. The first-order chi connectivity index (χ1) is 15.7. The number of pyridine rings is 1. The van der Waals surface area contributed by atoms with Gasteiger partial charge >= 0.3 is 5.97 Å². The molecule has 0 saturated carbocycles. The molecule has 0 fully saturated rings. The number of aryl methyl sites for hydroxylation is 1. The zero-order valence-corrected chi connectivity index (χ0v) is 17.6. The summed E-state index contributed by atoms with van der Waals surface area (Å²) in [6.45, 7) is 2.25. The molecule has 0 saturated heterocycles. The number of carbonyl (C=O) groups is 1. The molecular formula is C25H22N4O3. The minimum Gasteiger partial charge on any atom is -0.457 e. The van der Waals surface area contributed by atoms with E-state index in [2.05, 4.69) is 15.4 Å². The van der Waals surface area contributed by atoms with Gasteiger partial charge in [-0.05, 0) is 24.6 Å². The number of hydrogen-bond acceptors (Lipinski definition) is 6. The summed E-state index contributed by atoms with van der Waals surface area (Å²) in [7, 11) is 0. The average molecular weight is 426 g/mol. The van der Waals surface area contributed by atoms with Crippen LogP contribution >= 0.6 is 0 Å². The molecule has 0 aliphatic heterocycles. The van der Waals surface area contributed by atoms with E-state index in [4.69, 9.17) is 4.74 Å². The van der Waals surface area contributed by atoms with Crippen molar-refractivity contribution in [3.63, 3.8) is 0 Å². The van der Waals surface area contributed by atoms with Crippen LogP contribution in [0, 0.1) is 0 Å². The van der Waals surface area contributed by atoms with E-state index in [0.29, 0.717) is 23.5 Å². The molecular weight excluding hydrogens is 404 g/mol. The summed E-state index contributed by atoms with van der Waals surface area (Å²) in [6.07, 6.45) is 3.21. The second kappa shape index (κ2) is 9.70. The standard InChI is InChI=1S/C25H22N4O3/c1-2-29-24(30)23(27-20-14-9-15-26-16-20)21(22(28-29)19-12-7-4-8-13-19)25(31)32-17-18-10-5-3-6-11-18/h3-16,27H,2,17H2,1H3. The van der Waals surface area contributed by atoms with Crippen molar-refractivity contribution in [1.82, 2.24) is 14.8 Å². The van der Waals surface area contributed by atoms with Gasteiger partial charge in [-0.1, -0.05) is 60.7 Å². The van der Waals surface area contributed by atoms with E-state index < -0.39 is 11.5 Å². The van der Waals surface area contributed by atoms with Crippen molar-refractivity contribution in [3.05, 3.63) is 107 Å². The third kappa shape index (κ3) is 4.57. The second-order valence-corrected chi connectivity index (χ2v) is 7.01. The highest BCUT2D eigenvalue weighted by Gasteiger charge is 2.25. The summed E-state index contributed by atoms with van der Waals surface area (Å²) in [5.74, 6) is -0.632. The van der Waals surface area contributed by atoms with Gasteiger partial charge in [-0.25, -0.2) is 9.48 Å². The molecule has 32 heavy (non-hydrogen) atoms. The number of esters is 1. The number of nitrogens with zero attached hydrogens (tertiary/aromatic N) is 3. The zero-order valence-electron chi connectivity index (χ0n) is 17.6. The van der Waals surface area contributed by atoms with E-state index in [1.165, 1.54) is 4.68 Å². The number of ether oxygens (including phenoxy) is 1. The first-order valence-corrected chi connectivity index (χ1v) is 10.3. The van der Waals surface area contributed by atoms with Crippen molar-refractivity contribution in [2.24, 2.45) is 0 Å². The molecule has 1 N–H and O–H groups in total. The first-order valence-electron chi connectivity index (χ1n) is 10.3. The van der Waals surface area contributed by atoms with Crippen molar-refractivity contribution >= 4 is 17.3 Å². The third-order valence-electron chi connectivity index (χ3n) is 4.85. The van der Waals surface area contributed by atoms with Gasteiger partial charge in [-0.3, -0.25) is 9.78 Å². The van der Waals surface area contributed by atoms with Gasteiger partial charge in [-0.2, -0.15) is 5.10 Å². The minimum absolute atomic E-state index is 0.0805. The highest BCUT2D eigenvalue weighted by Crippen LogP contribution is 2.28. The smallest absolute Gasteiger partial charge is 0.343 e. The number of benzene rings is 2. The Hall–Kier alpha value is -4.26. The van der Waals surface area contributed by atoms with E-state index in [1.807, 2.05) is 67.6 Å². The maximum absolute atomic E-state index is 13.3. The Kier molecular flexibility index (Phi) is 6.36. The van der Waals surface area contributed by atoms with E-state index in [1.54, 1.807) is 24.5 Å². The Balaban J connectivity index is 1.84. The van der Waals surface area contributed by atoms with Gasteiger partial charge in [0.2, 0.25) is 0 Å². The number of anilines is 2. The fourth-order valence-corrected chi connectivity index (χ4v) is 3.27. The van der Waals surface area contributed by atoms with Crippen molar-refractivity contribution in [2.45, 2.75) is 20.1 Å². The fourth-order valence-electron chi connectivity index (χ4n) is 3.27. The predicted molar refractivity (Wildman–Crippen MR) is 123 cm³/mol. The van der Waals surface area contributed by atoms with Crippen LogP contribution in [-0.2, 0) is 17.9 Å². The lowest BCUT2D eigenvalue weighted by Crippen LogP contribution is -2.29. The average Bonchev–Trinajstić information content (AvgIpc) is 2.85. The van der Waals surface area contributed by atoms with Crippen LogP contribution in [0.3, 0.4) is 0 Å². The van der Waals surface area contributed by atoms with Crippen molar-refractivity contribution in [3.8, 4) is 11.3 Å². The lowest BCUT2D eigenvalue weighted by atomic mass is 10.0. The molecule has 4 aromatic rings. The second-order valence-electron chi connectivity index (χ2n) is 7.01. The minimum atomic E-state index is -0.632. The highest BCUT2D eigenvalue weighted by molar-refractivity contribution is 6.02. The van der Waals surface area contributed by atoms with Crippen LogP contribution in [0.4, 0.5) is 11.4 Å². The molecule has 0 radical (unpaired) electrons. The Bertz CT molecular complexity index is 1260. The van der Waals surface area contributed by atoms with Crippen molar-refractivity contribution in [1.29, 1.82) is 0 Å². The van der Waals surface area contributed by atoms with E-state index >= 15 is 0 Å². The third-order valence-corrected chi connectivity index (χ3v) is 4.85. The van der Waals surface area contributed by atoms with Gasteiger partial charge < -0.3 is 10.1 Å². The van der Waals surface area contributed by atoms with Gasteiger partial charge in [0.1, 0.15) is 23.6 Å². The van der Waals surface area contributed by atoms with Gasteiger partial charge in [0.15, 0.2) is 0 Å². The molecule has 0 unspecified atom stereocenters. The van der Waals surface area contributed by atoms with Crippen molar-refractivity contribution < 1.29 is 9.53 Å². The molecule has 2 aromatic heterocycles. The summed E-state index contributed by atoms with van der Waals surface area (Å²) in [6, 6.07) is 22.2. The maximum atomic E-state index is 13.3. The topological polar surface area (TPSA) is 86.1 Å². The molecule has 4 rings (SSSR count). The van der Waals surface area contributed by atoms with Gasteiger partial charge in [0, 0.05) is 18.3 Å². The molecule has 0 bridgehead atoms. The molecule has 0 atom stereocenters. The van der Waals surface area contributed by atoms with Gasteiger partial charge in [-0.15, -0.1) is 0 Å². The molecule has 7 nitrogen and oxygen atoms in total. The normalized spacial score (nSPS) is 10.5. The number of rotatable bonds is 7. The zero-order chi connectivity index (χ0) is 22.3. The van der Waals surface area contributed by atoms with Crippen LogP contribution in [0.1, 0.15) is 22.8 Å². The van der Waals surface area contributed by atoms with Gasteiger partial charge in [0.05, 0.1) is 11.9 Å². The molecule has 0 amide bonds. The van der Waals surface area contributed by atoms with E-state index in [9.17, 15) is 9.59 Å². The number of nitrogens with one attached hydrogen (secondary N) is 1. The molecule has 0 aliphatic rings. The van der Waals surface area contributed by atoms with Gasteiger partial charge in [0.25, 0.3) is 5.56 Å². The summed E-state index contributed by atoms with van der Waals surface area (Å²) >= 11 is 0. The molecule has 160 valence electrons. The van der Waals surface area contributed by atoms with E-state index in [0.717, 1.165) is 5.56 Å². The van der Waals surface area contributed by atoms with Crippen LogP contribution in [0.5, 0.6) is 0 Å². The Labute approximate surface area is 185 Å². The quantitative estimate of drug-likeness (QED) is 0.440. The van der Waals surface area contributed by atoms with Crippen LogP contribution in [0.2, 0.25) is 0 Å². The van der Waals surface area contributed by atoms with Crippen LogP contribution in [0.15, 0.2) is 90.0 Å². The Morgan fingerprint density at radius 2 is 1.72 bits per heavy atom. The number of carbonyl (C=O) groups excluding carboxylic acids is 1. The summed E-state index contributed by atoms with van der Waals surface area (Å²) < 4.78 is 6.93. The largest absolute Gasteiger partial charge is 0.457 e. The SMILES string of the molecule is CCn1nc(-c2ccccc2)c(C(=O)OCc2ccccc2)c(Nc2cccnc2)c1=O. The van der Waals surface area contributed by atoms with Crippen LogP contribution < -0.4 is 10.9 Å². The monoisotopic (exact) mass is 426 g/mol. The summed E-state index contributed by atoms with van der Waals surface area (Å²) in [4.78, 5) is 30.6.